The predicted molar refractivity (Wildman–Crippen MR) is 111 cm³/mol. The summed E-state index contributed by atoms with van der Waals surface area (Å²) in [7, 11) is 0. The zero-order valence-electron chi connectivity index (χ0n) is 17.1. The molecule has 0 saturated carbocycles. The number of aliphatic carboxylic acids is 1. The number of halogens is 1. The van der Waals surface area contributed by atoms with Crippen LogP contribution in [0, 0.1) is 0 Å². The first-order valence-corrected chi connectivity index (χ1v) is 10.1. The molecule has 2 rings (SSSR count). The quantitative estimate of drug-likeness (QED) is 0.557. The van der Waals surface area contributed by atoms with Crippen LogP contribution < -0.4 is 4.74 Å². The summed E-state index contributed by atoms with van der Waals surface area (Å²) in [6.45, 7) is 5.72. The van der Waals surface area contributed by atoms with Crippen molar-refractivity contribution >= 4 is 17.6 Å². The zero-order valence-corrected chi connectivity index (χ0v) is 17.8. The molecule has 1 aromatic carbocycles. The number of carboxylic acid groups (broad SMARTS) is 1. The molecule has 160 valence electrons. The number of rotatable bonds is 11. The molecule has 2 unspecified atom stereocenters. The van der Waals surface area contributed by atoms with Crippen molar-refractivity contribution in [2.24, 2.45) is 0 Å². The first-order chi connectivity index (χ1) is 13.7. The van der Waals surface area contributed by atoms with Crippen molar-refractivity contribution in [3.63, 3.8) is 0 Å². The number of aliphatic hydroxyl groups excluding tert-OH is 1. The summed E-state index contributed by atoms with van der Waals surface area (Å²) < 4.78 is 16.7. The second kappa shape index (κ2) is 11.2. The van der Waals surface area contributed by atoms with E-state index < -0.39 is 18.2 Å². The molecule has 1 aliphatic carbocycles. The molecular weight excluding hydrogens is 396 g/mol. The Morgan fingerprint density at radius 3 is 2.59 bits per heavy atom. The normalized spacial score (nSPS) is 16.4. The van der Waals surface area contributed by atoms with Crippen molar-refractivity contribution in [2.45, 2.75) is 58.3 Å². The Kier molecular flexibility index (Phi) is 9.01. The topological polar surface area (TPSA) is 85.2 Å². The number of hydrogen-bond acceptors (Lipinski definition) is 5. The van der Waals surface area contributed by atoms with Gasteiger partial charge in [-0.25, -0.2) is 4.79 Å². The van der Waals surface area contributed by atoms with Crippen molar-refractivity contribution in [3.8, 4) is 5.75 Å². The highest BCUT2D eigenvalue weighted by atomic mass is 35.5. The average molecular weight is 425 g/mol. The van der Waals surface area contributed by atoms with Crippen LogP contribution in [-0.2, 0) is 20.7 Å². The summed E-state index contributed by atoms with van der Waals surface area (Å²) in [6, 6.07) is 7.12. The van der Waals surface area contributed by atoms with Crippen molar-refractivity contribution in [2.75, 3.05) is 13.2 Å². The Morgan fingerprint density at radius 1 is 1.21 bits per heavy atom. The fourth-order valence-corrected chi connectivity index (χ4v) is 3.03. The van der Waals surface area contributed by atoms with E-state index in [0.29, 0.717) is 5.75 Å². The minimum atomic E-state index is -0.999. The van der Waals surface area contributed by atoms with Crippen molar-refractivity contribution in [3.05, 3.63) is 52.3 Å². The molecule has 29 heavy (non-hydrogen) atoms. The minimum Gasteiger partial charge on any atom is -0.495 e. The summed E-state index contributed by atoms with van der Waals surface area (Å²) in [4.78, 5) is 11.4. The number of hydrogen-bond donors (Lipinski definition) is 2. The molecule has 0 aromatic heterocycles. The summed E-state index contributed by atoms with van der Waals surface area (Å²) in [5.74, 6) is 0.358. The number of carbonyl (C=O) groups is 1. The van der Waals surface area contributed by atoms with Crippen LogP contribution in [0.1, 0.15) is 39.2 Å². The van der Waals surface area contributed by atoms with Gasteiger partial charge in [-0.15, -0.1) is 0 Å². The van der Waals surface area contributed by atoms with Gasteiger partial charge in [-0.1, -0.05) is 23.7 Å². The van der Waals surface area contributed by atoms with Crippen molar-refractivity contribution in [1.82, 2.24) is 0 Å². The maximum absolute atomic E-state index is 11.4. The largest absolute Gasteiger partial charge is 0.495 e. The monoisotopic (exact) mass is 424 g/mol. The van der Waals surface area contributed by atoms with Gasteiger partial charge in [-0.2, -0.15) is 0 Å². The highest BCUT2D eigenvalue weighted by Gasteiger charge is 2.20. The molecular formula is C22H29ClO6. The van der Waals surface area contributed by atoms with Gasteiger partial charge in [0.2, 0.25) is 0 Å². The van der Waals surface area contributed by atoms with Gasteiger partial charge in [0, 0.05) is 17.9 Å². The second-order valence-electron chi connectivity index (χ2n) is 7.34. The van der Waals surface area contributed by atoms with Gasteiger partial charge >= 0.3 is 5.97 Å². The Morgan fingerprint density at radius 2 is 1.93 bits per heavy atom. The third-order valence-electron chi connectivity index (χ3n) is 4.33. The molecule has 0 amide bonds. The van der Waals surface area contributed by atoms with Crippen LogP contribution in [0.4, 0.5) is 0 Å². The van der Waals surface area contributed by atoms with E-state index in [1.54, 1.807) is 32.0 Å². The second-order valence-corrected chi connectivity index (χ2v) is 7.79. The first-order valence-electron chi connectivity index (χ1n) is 9.71. The third-order valence-corrected chi connectivity index (χ3v) is 4.82. The van der Waals surface area contributed by atoms with Crippen LogP contribution in [0.5, 0.6) is 5.75 Å². The molecule has 6 nitrogen and oxygen atoms in total. The molecule has 0 spiro atoms. The Labute approximate surface area is 176 Å². The molecule has 0 heterocycles. The average Bonchev–Trinajstić information content (AvgIpc) is 2.66. The molecule has 0 bridgehead atoms. The molecule has 2 N–H and O–H groups in total. The van der Waals surface area contributed by atoms with E-state index in [0.717, 1.165) is 34.8 Å². The first kappa shape index (κ1) is 23.3. The number of ether oxygens (including phenoxy) is 3. The number of benzene rings is 1. The van der Waals surface area contributed by atoms with E-state index in [2.05, 4.69) is 0 Å². The van der Waals surface area contributed by atoms with Gasteiger partial charge in [-0.05, 0) is 56.5 Å². The van der Waals surface area contributed by atoms with Gasteiger partial charge in [0.25, 0.3) is 0 Å². The van der Waals surface area contributed by atoms with Gasteiger partial charge in [0.1, 0.15) is 25.1 Å². The summed E-state index contributed by atoms with van der Waals surface area (Å²) in [5.41, 5.74) is 1.77. The Hall–Kier alpha value is -2.02. The van der Waals surface area contributed by atoms with Crippen LogP contribution in [-0.4, -0.2) is 47.7 Å². The van der Waals surface area contributed by atoms with Gasteiger partial charge in [0.05, 0.1) is 11.9 Å². The van der Waals surface area contributed by atoms with Crippen LogP contribution in [0.15, 0.2) is 46.7 Å². The van der Waals surface area contributed by atoms with E-state index >= 15 is 0 Å². The van der Waals surface area contributed by atoms with Crippen LogP contribution in [0.2, 0.25) is 0 Å². The van der Waals surface area contributed by atoms with E-state index in [9.17, 15) is 15.0 Å². The predicted octanol–water partition coefficient (Wildman–Crippen LogP) is 4.05. The molecule has 1 aromatic rings. The maximum atomic E-state index is 11.4. The van der Waals surface area contributed by atoms with E-state index in [1.807, 2.05) is 19.1 Å². The lowest BCUT2D eigenvalue weighted by Gasteiger charge is -2.19. The Bertz CT molecular complexity index is 755. The molecule has 0 saturated heterocycles. The lowest BCUT2D eigenvalue weighted by molar-refractivity contribution is -0.153. The lowest BCUT2D eigenvalue weighted by Crippen LogP contribution is -2.29. The summed E-state index contributed by atoms with van der Waals surface area (Å²) in [6.07, 6.45) is 1.70. The number of carboxylic acids is 1. The molecule has 7 heteroatoms. The summed E-state index contributed by atoms with van der Waals surface area (Å²) in [5, 5.41) is 20.3. The minimum absolute atomic E-state index is 0.0666. The molecule has 0 radical (unpaired) electrons. The SMILES string of the molecule is CC1=C(Cl)CCC(OCC(O)COc2cccc(CC(OC(C)C)C(=O)O)c2)=C1. The fourth-order valence-electron chi connectivity index (χ4n) is 2.88. The Balaban J connectivity index is 1.84. The lowest BCUT2D eigenvalue weighted by atomic mass is 10.1. The molecule has 2 atom stereocenters. The maximum Gasteiger partial charge on any atom is 0.333 e. The van der Waals surface area contributed by atoms with E-state index in [4.69, 9.17) is 25.8 Å². The van der Waals surface area contributed by atoms with Gasteiger partial charge in [0.15, 0.2) is 6.10 Å². The van der Waals surface area contributed by atoms with Gasteiger partial charge in [-0.3, -0.25) is 0 Å². The highest BCUT2D eigenvalue weighted by Crippen LogP contribution is 2.27. The smallest absolute Gasteiger partial charge is 0.333 e. The molecule has 1 aliphatic rings. The fraction of sp³-hybridized carbons (Fsp3) is 0.500. The van der Waals surface area contributed by atoms with Crippen molar-refractivity contribution < 1.29 is 29.2 Å². The zero-order chi connectivity index (χ0) is 21.4. The standard InChI is InChI=1S/C22H29ClO6/c1-14(2)29-21(22(25)26)11-16-5-4-6-18(10-16)27-12-17(24)13-28-19-7-8-20(23)15(3)9-19/h4-6,9-10,14,17,21,24H,7-8,11-13H2,1-3H3,(H,25,26). The summed E-state index contributed by atoms with van der Waals surface area (Å²) >= 11 is 6.07. The van der Waals surface area contributed by atoms with Crippen LogP contribution in [0.25, 0.3) is 0 Å². The molecule has 0 fully saturated rings. The van der Waals surface area contributed by atoms with Crippen molar-refractivity contribution in [1.29, 1.82) is 0 Å². The molecule has 0 aliphatic heterocycles. The third kappa shape index (κ3) is 8.09. The van der Waals surface area contributed by atoms with Crippen LogP contribution in [0.3, 0.4) is 0 Å². The highest BCUT2D eigenvalue weighted by molar-refractivity contribution is 6.30. The number of allylic oxidation sites excluding steroid dienone is 4. The number of aliphatic hydroxyl groups is 1. The van der Waals surface area contributed by atoms with Crippen LogP contribution >= 0.6 is 11.6 Å². The van der Waals surface area contributed by atoms with E-state index in [1.165, 1.54) is 0 Å². The van der Waals surface area contributed by atoms with E-state index in [-0.39, 0.29) is 25.7 Å². The van der Waals surface area contributed by atoms with Gasteiger partial charge < -0.3 is 24.4 Å².